The number of aromatic nitrogens is 3. The van der Waals surface area contributed by atoms with E-state index in [1.165, 1.54) is 11.8 Å². The number of nitrogens with one attached hydrogen (secondary N) is 1. The summed E-state index contributed by atoms with van der Waals surface area (Å²) in [5.74, 6) is 0.391. The van der Waals surface area contributed by atoms with Crippen molar-refractivity contribution in [3.63, 3.8) is 0 Å². The molecular formula is C23H28N6O2S. The number of hydrogen-bond donors (Lipinski definition) is 2. The lowest BCUT2D eigenvalue weighted by molar-refractivity contribution is -0.113. The molecule has 0 aliphatic heterocycles. The highest BCUT2D eigenvalue weighted by Crippen LogP contribution is 2.26. The van der Waals surface area contributed by atoms with E-state index in [4.69, 9.17) is 5.73 Å². The molecule has 0 spiro atoms. The molecule has 1 aromatic heterocycles. The molecule has 0 radical (unpaired) electrons. The molecule has 0 aliphatic rings. The van der Waals surface area contributed by atoms with Crippen molar-refractivity contribution in [2.75, 3.05) is 25.2 Å². The molecule has 0 aliphatic carbocycles. The van der Waals surface area contributed by atoms with Crippen LogP contribution in [0.3, 0.4) is 0 Å². The number of carbonyl (C=O) groups excluding carboxylic acids is 2. The summed E-state index contributed by atoms with van der Waals surface area (Å²) in [4.78, 5) is 25.8. The molecule has 1 atom stereocenters. The molecule has 0 saturated heterocycles. The fourth-order valence-corrected chi connectivity index (χ4v) is 4.14. The van der Waals surface area contributed by atoms with E-state index in [0.29, 0.717) is 23.0 Å². The second-order valence-corrected chi connectivity index (χ2v) is 8.52. The zero-order valence-electron chi connectivity index (χ0n) is 18.5. The van der Waals surface area contributed by atoms with Gasteiger partial charge in [-0.3, -0.25) is 14.5 Å². The summed E-state index contributed by atoms with van der Waals surface area (Å²) >= 11 is 1.35. The Morgan fingerprint density at radius 3 is 2.38 bits per heavy atom. The summed E-state index contributed by atoms with van der Waals surface area (Å²) in [6.45, 7) is 2.75. The third-order valence-corrected chi connectivity index (χ3v) is 5.99. The number of nitrogens with two attached hydrogens (primary N) is 1. The van der Waals surface area contributed by atoms with Gasteiger partial charge in [0.2, 0.25) is 11.8 Å². The number of carbonyl (C=O) groups is 2. The van der Waals surface area contributed by atoms with Gasteiger partial charge in [0.05, 0.1) is 18.3 Å². The van der Waals surface area contributed by atoms with Crippen LogP contribution < -0.4 is 11.1 Å². The summed E-state index contributed by atoms with van der Waals surface area (Å²) in [5.41, 5.74) is 7.39. The van der Waals surface area contributed by atoms with Gasteiger partial charge in [0.15, 0.2) is 11.0 Å². The smallest absolute Gasteiger partial charge is 0.248 e. The van der Waals surface area contributed by atoms with E-state index in [9.17, 15) is 9.59 Å². The van der Waals surface area contributed by atoms with Crippen LogP contribution in [0.4, 0.5) is 5.69 Å². The SMILES string of the molecule is CC[C@H](c1nnc(SCC(=O)Nc2ccc(C(N)=O)cc2)n1Cc1ccccc1)N(C)C. The molecule has 1 heterocycles. The van der Waals surface area contributed by atoms with E-state index in [1.807, 2.05) is 32.3 Å². The van der Waals surface area contributed by atoms with Gasteiger partial charge in [0.1, 0.15) is 0 Å². The number of rotatable bonds is 10. The highest BCUT2D eigenvalue weighted by molar-refractivity contribution is 7.99. The Bertz CT molecular complexity index is 1050. The van der Waals surface area contributed by atoms with Gasteiger partial charge in [-0.15, -0.1) is 10.2 Å². The Morgan fingerprint density at radius 2 is 1.78 bits per heavy atom. The first-order valence-corrected chi connectivity index (χ1v) is 11.3. The summed E-state index contributed by atoms with van der Waals surface area (Å²) < 4.78 is 2.09. The predicted octanol–water partition coefficient (Wildman–Crippen LogP) is 3.17. The minimum Gasteiger partial charge on any atom is -0.366 e. The van der Waals surface area contributed by atoms with Crippen molar-refractivity contribution in [3.05, 3.63) is 71.5 Å². The van der Waals surface area contributed by atoms with Crippen LogP contribution in [0.5, 0.6) is 0 Å². The van der Waals surface area contributed by atoms with Crippen molar-refractivity contribution in [1.82, 2.24) is 19.7 Å². The van der Waals surface area contributed by atoms with Crippen LogP contribution in [-0.2, 0) is 11.3 Å². The number of benzene rings is 2. The zero-order valence-corrected chi connectivity index (χ0v) is 19.3. The van der Waals surface area contributed by atoms with Gasteiger partial charge in [-0.25, -0.2) is 0 Å². The van der Waals surface area contributed by atoms with Crippen molar-refractivity contribution in [2.45, 2.75) is 31.1 Å². The number of anilines is 1. The van der Waals surface area contributed by atoms with Crippen LogP contribution in [-0.4, -0.2) is 51.3 Å². The predicted molar refractivity (Wildman–Crippen MR) is 127 cm³/mol. The third kappa shape index (κ3) is 5.95. The van der Waals surface area contributed by atoms with E-state index in [0.717, 1.165) is 17.8 Å². The summed E-state index contributed by atoms with van der Waals surface area (Å²) in [7, 11) is 4.05. The van der Waals surface area contributed by atoms with Crippen LogP contribution in [0, 0.1) is 0 Å². The van der Waals surface area contributed by atoms with Gasteiger partial charge >= 0.3 is 0 Å². The minimum absolute atomic E-state index is 0.123. The number of amides is 2. The maximum absolute atomic E-state index is 12.5. The van der Waals surface area contributed by atoms with Gasteiger partial charge in [0.25, 0.3) is 0 Å². The van der Waals surface area contributed by atoms with Gasteiger partial charge in [-0.05, 0) is 50.3 Å². The molecule has 2 amide bonds. The first-order valence-electron chi connectivity index (χ1n) is 10.3. The van der Waals surface area contributed by atoms with E-state index in [2.05, 4.69) is 44.0 Å². The highest BCUT2D eigenvalue weighted by atomic mass is 32.2. The fourth-order valence-electron chi connectivity index (χ4n) is 3.39. The lowest BCUT2D eigenvalue weighted by atomic mass is 10.2. The quantitative estimate of drug-likeness (QED) is 0.458. The van der Waals surface area contributed by atoms with E-state index >= 15 is 0 Å². The Hall–Kier alpha value is -3.17. The fraction of sp³-hybridized carbons (Fsp3) is 0.304. The molecule has 0 bridgehead atoms. The Labute approximate surface area is 192 Å². The molecule has 0 saturated carbocycles. The van der Waals surface area contributed by atoms with Crippen LogP contribution in [0.25, 0.3) is 0 Å². The Morgan fingerprint density at radius 1 is 1.09 bits per heavy atom. The minimum atomic E-state index is -0.505. The maximum Gasteiger partial charge on any atom is 0.248 e. The van der Waals surface area contributed by atoms with Crippen molar-refractivity contribution >= 4 is 29.3 Å². The molecule has 3 rings (SSSR count). The molecule has 168 valence electrons. The van der Waals surface area contributed by atoms with Crippen LogP contribution in [0.2, 0.25) is 0 Å². The van der Waals surface area contributed by atoms with Gasteiger partial charge in [-0.1, -0.05) is 49.0 Å². The van der Waals surface area contributed by atoms with E-state index in [1.54, 1.807) is 24.3 Å². The largest absolute Gasteiger partial charge is 0.366 e. The van der Waals surface area contributed by atoms with Gasteiger partial charge < -0.3 is 15.6 Å². The third-order valence-electron chi connectivity index (χ3n) is 5.02. The van der Waals surface area contributed by atoms with Crippen molar-refractivity contribution in [1.29, 1.82) is 0 Å². The molecule has 9 heteroatoms. The van der Waals surface area contributed by atoms with Crippen molar-refractivity contribution < 1.29 is 9.59 Å². The van der Waals surface area contributed by atoms with Gasteiger partial charge in [0, 0.05) is 11.3 Å². The number of primary amides is 1. The Balaban J connectivity index is 1.74. The van der Waals surface area contributed by atoms with Gasteiger partial charge in [-0.2, -0.15) is 0 Å². The monoisotopic (exact) mass is 452 g/mol. The van der Waals surface area contributed by atoms with E-state index in [-0.39, 0.29) is 17.7 Å². The summed E-state index contributed by atoms with van der Waals surface area (Å²) in [5, 5.41) is 12.4. The normalized spacial score (nSPS) is 12.0. The second kappa shape index (κ2) is 10.9. The molecule has 8 nitrogen and oxygen atoms in total. The molecule has 32 heavy (non-hydrogen) atoms. The molecule has 2 aromatic carbocycles. The second-order valence-electron chi connectivity index (χ2n) is 7.58. The van der Waals surface area contributed by atoms with Crippen molar-refractivity contribution in [3.8, 4) is 0 Å². The average Bonchev–Trinajstić information content (AvgIpc) is 3.15. The summed E-state index contributed by atoms with van der Waals surface area (Å²) in [6.07, 6.45) is 0.895. The molecular weight excluding hydrogens is 424 g/mol. The molecule has 3 N–H and O–H groups in total. The van der Waals surface area contributed by atoms with Crippen LogP contribution in [0.15, 0.2) is 59.8 Å². The molecule has 0 fully saturated rings. The number of hydrogen-bond acceptors (Lipinski definition) is 6. The number of thioether (sulfide) groups is 1. The number of nitrogens with zero attached hydrogens (tertiary/aromatic N) is 4. The lowest BCUT2D eigenvalue weighted by Gasteiger charge is -2.23. The first-order chi connectivity index (χ1) is 15.4. The summed E-state index contributed by atoms with van der Waals surface area (Å²) in [6, 6.07) is 16.7. The standard InChI is InChI=1S/C23H28N6O2S/c1-4-19(28(2)3)22-26-27-23(29(22)14-16-8-6-5-7-9-16)32-15-20(30)25-18-12-10-17(11-13-18)21(24)31/h5-13,19H,4,14-15H2,1-3H3,(H2,24,31)(H,25,30)/t19-/m1/s1. The molecule has 3 aromatic rings. The highest BCUT2D eigenvalue weighted by Gasteiger charge is 2.22. The van der Waals surface area contributed by atoms with Crippen molar-refractivity contribution in [2.24, 2.45) is 5.73 Å². The maximum atomic E-state index is 12.5. The first kappa shape index (κ1) is 23.5. The zero-order chi connectivity index (χ0) is 23.1. The Kier molecular flexibility index (Phi) is 8.02. The van der Waals surface area contributed by atoms with E-state index < -0.39 is 5.91 Å². The molecule has 0 unspecified atom stereocenters. The average molecular weight is 453 g/mol. The van der Waals surface area contributed by atoms with Crippen LogP contribution >= 0.6 is 11.8 Å². The lowest BCUT2D eigenvalue weighted by Crippen LogP contribution is -2.23. The topological polar surface area (TPSA) is 106 Å². The van der Waals surface area contributed by atoms with Crippen LogP contribution in [0.1, 0.15) is 41.1 Å².